The highest BCUT2D eigenvalue weighted by molar-refractivity contribution is 6.30. The highest BCUT2D eigenvalue weighted by Crippen LogP contribution is 2.17. The quantitative estimate of drug-likeness (QED) is 0.843. The molecule has 4 nitrogen and oxygen atoms in total. The number of hydrogen-bond donors (Lipinski definition) is 1. The third-order valence-electron chi connectivity index (χ3n) is 4.35. The van der Waals surface area contributed by atoms with Crippen molar-refractivity contribution >= 4 is 29.1 Å². The SMILES string of the molecule is CCC(C)C(NC(=O)c1ccc(Cl)cc1)C(=O)N(C)c1ccccc1. The van der Waals surface area contributed by atoms with Crippen molar-refractivity contribution in [1.29, 1.82) is 0 Å². The van der Waals surface area contributed by atoms with E-state index < -0.39 is 6.04 Å². The van der Waals surface area contributed by atoms with Gasteiger partial charge in [0.2, 0.25) is 5.91 Å². The number of carbonyl (C=O) groups is 2. The monoisotopic (exact) mass is 358 g/mol. The molecule has 0 aromatic heterocycles. The number of nitrogens with one attached hydrogen (secondary N) is 1. The highest BCUT2D eigenvalue weighted by atomic mass is 35.5. The minimum Gasteiger partial charge on any atom is -0.340 e. The Labute approximate surface area is 153 Å². The molecule has 2 atom stereocenters. The van der Waals surface area contributed by atoms with E-state index in [0.717, 1.165) is 12.1 Å². The minimum atomic E-state index is -0.599. The molecule has 2 amide bonds. The Morgan fingerprint density at radius 2 is 1.68 bits per heavy atom. The highest BCUT2D eigenvalue weighted by Gasteiger charge is 2.29. The van der Waals surface area contributed by atoms with E-state index in [1.165, 1.54) is 0 Å². The Hall–Kier alpha value is -2.33. The number of halogens is 1. The second kappa shape index (κ2) is 8.67. The molecule has 0 aliphatic carbocycles. The molecule has 0 bridgehead atoms. The van der Waals surface area contributed by atoms with Crippen LogP contribution in [0.25, 0.3) is 0 Å². The summed E-state index contributed by atoms with van der Waals surface area (Å²) >= 11 is 5.86. The second-order valence-corrected chi connectivity index (χ2v) is 6.51. The van der Waals surface area contributed by atoms with E-state index in [1.54, 1.807) is 36.2 Å². The molecule has 2 aromatic carbocycles. The van der Waals surface area contributed by atoms with Gasteiger partial charge in [-0.05, 0) is 42.3 Å². The van der Waals surface area contributed by atoms with Crippen molar-refractivity contribution in [1.82, 2.24) is 5.32 Å². The molecule has 0 radical (unpaired) electrons. The Morgan fingerprint density at radius 3 is 2.24 bits per heavy atom. The molecular formula is C20H23ClN2O2. The van der Waals surface area contributed by atoms with Crippen LogP contribution in [0.1, 0.15) is 30.6 Å². The summed E-state index contributed by atoms with van der Waals surface area (Å²) in [6.45, 7) is 3.96. The van der Waals surface area contributed by atoms with Crippen molar-refractivity contribution in [2.75, 3.05) is 11.9 Å². The summed E-state index contributed by atoms with van der Waals surface area (Å²) in [6.07, 6.45) is 0.778. The van der Waals surface area contributed by atoms with E-state index in [4.69, 9.17) is 11.6 Å². The van der Waals surface area contributed by atoms with Crippen molar-refractivity contribution < 1.29 is 9.59 Å². The lowest BCUT2D eigenvalue weighted by Crippen LogP contribution is -2.50. The third kappa shape index (κ3) is 4.83. The number of likely N-dealkylation sites (N-methyl/N-ethyl adjacent to an activating group) is 1. The first-order chi connectivity index (χ1) is 11.9. The Balaban J connectivity index is 2.19. The average molecular weight is 359 g/mol. The summed E-state index contributed by atoms with van der Waals surface area (Å²) in [7, 11) is 1.72. The fourth-order valence-electron chi connectivity index (χ4n) is 2.50. The van der Waals surface area contributed by atoms with Crippen molar-refractivity contribution in [2.24, 2.45) is 5.92 Å². The fourth-order valence-corrected chi connectivity index (χ4v) is 2.62. The van der Waals surface area contributed by atoms with Crippen molar-refractivity contribution in [3.63, 3.8) is 0 Å². The Kier molecular flexibility index (Phi) is 6.59. The van der Waals surface area contributed by atoms with E-state index in [-0.39, 0.29) is 17.7 Å². The summed E-state index contributed by atoms with van der Waals surface area (Å²) in [4.78, 5) is 27.1. The maximum atomic E-state index is 13.0. The van der Waals surface area contributed by atoms with E-state index in [9.17, 15) is 9.59 Å². The number of benzene rings is 2. The molecule has 25 heavy (non-hydrogen) atoms. The van der Waals surface area contributed by atoms with Gasteiger partial charge >= 0.3 is 0 Å². The predicted molar refractivity (Wildman–Crippen MR) is 102 cm³/mol. The molecule has 0 fully saturated rings. The van der Waals surface area contributed by atoms with Crippen LogP contribution in [-0.4, -0.2) is 24.9 Å². The molecule has 132 valence electrons. The van der Waals surface area contributed by atoms with Crippen LogP contribution in [0.5, 0.6) is 0 Å². The summed E-state index contributed by atoms with van der Waals surface area (Å²) < 4.78 is 0. The molecule has 0 aliphatic heterocycles. The van der Waals surface area contributed by atoms with Gasteiger partial charge in [-0.25, -0.2) is 0 Å². The Morgan fingerprint density at radius 1 is 1.08 bits per heavy atom. The molecular weight excluding hydrogens is 336 g/mol. The molecule has 0 aliphatic rings. The first-order valence-electron chi connectivity index (χ1n) is 8.33. The molecule has 5 heteroatoms. The topological polar surface area (TPSA) is 49.4 Å². The number of amides is 2. The molecule has 2 aromatic rings. The lowest BCUT2D eigenvalue weighted by atomic mass is 9.97. The zero-order valence-corrected chi connectivity index (χ0v) is 15.5. The van der Waals surface area contributed by atoms with Crippen LogP contribution in [-0.2, 0) is 4.79 Å². The van der Waals surface area contributed by atoms with Crippen LogP contribution in [0.3, 0.4) is 0 Å². The van der Waals surface area contributed by atoms with Crippen LogP contribution >= 0.6 is 11.6 Å². The first kappa shape index (κ1) is 19.0. The molecule has 2 rings (SSSR count). The van der Waals surface area contributed by atoms with Crippen LogP contribution in [0.2, 0.25) is 5.02 Å². The van der Waals surface area contributed by atoms with E-state index in [0.29, 0.717) is 10.6 Å². The summed E-state index contributed by atoms with van der Waals surface area (Å²) in [5, 5.41) is 3.45. The van der Waals surface area contributed by atoms with Gasteiger partial charge in [-0.15, -0.1) is 0 Å². The summed E-state index contributed by atoms with van der Waals surface area (Å²) in [6, 6.07) is 15.4. The second-order valence-electron chi connectivity index (χ2n) is 6.08. The maximum Gasteiger partial charge on any atom is 0.251 e. The van der Waals surface area contributed by atoms with Crippen LogP contribution in [0, 0.1) is 5.92 Å². The van der Waals surface area contributed by atoms with Gasteiger partial charge in [0.1, 0.15) is 6.04 Å². The fraction of sp³-hybridized carbons (Fsp3) is 0.300. The van der Waals surface area contributed by atoms with E-state index in [1.807, 2.05) is 44.2 Å². The van der Waals surface area contributed by atoms with E-state index >= 15 is 0 Å². The third-order valence-corrected chi connectivity index (χ3v) is 4.60. The zero-order valence-electron chi connectivity index (χ0n) is 14.7. The molecule has 0 spiro atoms. The Bertz CT molecular complexity index is 716. The maximum absolute atomic E-state index is 13.0. The van der Waals surface area contributed by atoms with E-state index in [2.05, 4.69) is 5.32 Å². The number of nitrogens with zero attached hydrogens (tertiary/aromatic N) is 1. The molecule has 0 saturated carbocycles. The van der Waals surface area contributed by atoms with Gasteiger partial charge in [0.05, 0.1) is 0 Å². The van der Waals surface area contributed by atoms with Gasteiger partial charge in [-0.1, -0.05) is 50.1 Å². The number of para-hydroxylation sites is 1. The minimum absolute atomic E-state index is 0.00918. The van der Waals surface area contributed by atoms with Gasteiger partial charge in [-0.2, -0.15) is 0 Å². The number of anilines is 1. The molecule has 2 unspecified atom stereocenters. The van der Waals surface area contributed by atoms with Gasteiger partial charge in [0, 0.05) is 23.3 Å². The van der Waals surface area contributed by atoms with Crippen LogP contribution in [0.15, 0.2) is 54.6 Å². The van der Waals surface area contributed by atoms with Crippen molar-refractivity contribution in [3.8, 4) is 0 Å². The lowest BCUT2D eigenvalue weighted by molar-refractivity contribution is -0.121. The largest absolute Gasteiger partial charge is 0.340 e. The van der Waals surface area contributed by atoms with Crippen molar-refractivity contribution in [3.05, 3.63) is 65.2 Å². The van der Waals surface area contributed by atoms with Gasteiger partial charge in [0.15, 0.2) is 0 Å². The normalized spacial score (nSPS) is 13.0. The predicted octanol–water partition coefficient (Wildman–Crippen LogP) is 4.15. The zero-order chi connectivity index (χ0) is 18.4. The van der Waals surface area contributed by atoms with Crippen molar-refractivity contribution in [2.45, 2.75) is 26.3 Å². The van der Waals surface area contributed by atoms with Gasteiger partial charge in [-0.3, -0.25) is 9.59 Å². The summed E-state index contributed by atoms with van der Waals surface area (Å²) in [5.74, 6) is -0.408. The number of carbonyl (C=O) groups excluding carboxylic acids is 2. The lowest BCUT2D eigenvalue weighted by Gasteiger charge is -2.28. The van der Waals surface area contributed by atoms with Gasteiger partial charge in [0.25, 0.3) is 5.91 Å². The standard InChI is InChI=1S/C20H23ClN2O2/c1-4-14(2)18(20(25)23(3)17-8-6-5-7-9-17)22-19(24)15-10-12-16(21)13-11-15/h5-14,18H,4H2,1-3H3,(H,22,24). The molecule has 0 saturated heterocycles. The molecule has 1 N–H and O–H groups in total. The van der Waals surface area contributed by atoms with Crippen LogP contribution in [0.4, 0.5) is 5.69 Å². The number of hydrogen-bond acceptors (Lipinski definition) is 2. The van der Waals surface area contributed by atoms with Crippen LogP contribution < -0.4 is 10.2 Å². The average Bonchev–Trinajstić information content (AvgIpc) is 2.65. The first-order valence-corrected chi connectivity index (χ1v) is 8.71. The summed E-state index contributed by atoms with van der Waals surface area (Å²) in [5.41, 5.74) is 1.27. The smallest absolute Gasteiger partial charge is 0.251 e. The number of rotatable bonds is 6. The molecule has 0 heterocycles. The van der Waals surface area contributed by atoms with Gasteiger partial charge < -0.3 is 10.2 Å².